The number of rotatable bonds is 4. The molecule has 0 unspecified atom stereocenters. The fourth-order valence-electron chi connectivity index (χ4n) is 1.83. The molecule has 14 heavy (non-hydrogen) atoms. The summed E-state index contributed by atoms with van der Waals surface area (Å²) in [7, 11) is 0. The quantitative estimate of drug-likeness (QED) is 0.786. The molecule has 0 aromatic carbocycles. The van der Waals surface area contributed by atoms with Crippen molar-refractivity contribution < 1.29 is 0 Å². The molecule has 2 heterocycles. The highest BCUT2D eigenvalue weighted by Crippen LogP contribution is 2.09. The molecule has 1 atom stereocenters. The monoisotopic (exact) mass is 211 g/mol. The fraction of sp³-hybridized carbons (Fsp3) is 0.700. The lowest BCUT2D eigenvalue weighted by atomic mass is 10.00. The third-order valence-electron chi connectivity index (χ3n) is 2.61. The molecule has 0 amide bonds. The highest BCUT2D eigenvalue weighted by Gasteiger charge is 2.11. The zero-order valence-corrected chi connectivity index (χ0v) is 9.15. The maximum atomic E-state index is 4.05. The second kappa shape index (κ2) is 5.44. The summed E-state index contributed by atoms with van der Waals surface area (Å²) in [6.07, 6.45) is 4.63. The number of nitrogens with one attached hydrogen (secondary N) is 2. The van der Waals surface area contributed by atoms with E-state index in [4.69, 9.17) is 0 Å². The van der Waals surface area contributed by atoms with Crippen molar-refractivity contribution in [2.24, 2.45) is 5.92 Å². The van der Waals surface area contributed by atoms with Gasteiger partial charge in [0, 0.05) is 17.6 Å². The van der Waals surface area contributed by atoms with Crippen LogP contribution in [0, 0.1) is 5.92 Å². The Kier molecular flexibility index (Phi) is 3.91. The van der Waals surface area contributed by atoms with Gasteiger partial charge in [-0.15, -0.1) is 11.3 Å². The number of aromatic nitrogens is 1. The van der Waals surface area contributed by atoms with E-state index in [1.165, 1.54) is 30.8 Å². The van der Waals surface area contributed by atoms with E-state index in [9.17, 15) is 0 Å². The first-order valence-electron chi connectivity index (χ1n) is 5.24. The van der Waals surface area contributed by atoms with Crippen LogP contribution in [0.2, 0.25) is 0 Å². The number of thiazole rings is 1. The van der Waals surface area contributed by atoms with Gasteiger partial charge in [0.1, 0.15) is 0 Å². The number of hydrogen-bond acceptors (Lipinski definition) is 4. The van der Waals surface area contributed by atoms with Gasteiger partial charge in [-0.3, -0.25) is 4.98 Å². The van der Waals surface area contributed by atoms with E-state index >= 15 is 0 Å². The summed E-state index contributed by atoms with van der Waals surface area (Å²) in [5.74, 6) is 0.816. The molecule has 1 aliphatic heterocycles. The smallest absolute Gasteiger partial charge is 0.0794 e. The minimum absolute atomic E-state index is 0.816. The number of nitrogens with zero attached hydrogens (tertiary/aromatic N) is 1. The standard InChI is InChI=1S/C10H17N3S/c1-2-9(4-11-3-1)5-12-6-10-7-13-8-14-10/h7-9,11-12H,1-6H2/t9-/m0/s1. The lowest BCUT2D eigenvalue weighted by Gasteiger charge is -2.22. The first kappa shape index (κ1) is 10.1. The van der Waals surface area contributed by atoms with Crippen molar-refractivity contribution in [1.29, 1.82) is 0 Å². The van der Waals surface area contributed by atoms with Crippen molar-refractivity contribution in [3.63, 3.8) is 0 Å². The van der Waals surface area contributed by atoms with E-state index < -0.39 is 0 Å². The van der Waals surface area contributed by atoms with Crippen molar-refractivity contribution in [2.45, 2.75) is 19.4 Å². The summed E-state index contributed by atoms with van der Waals surface area (Å²) >= 11 is 1.72. The Labute approximate surface area is 88.9 Å². The Bertz CT molecular complexity index is 242. The van der Waals surface area contributed by atoms with Gasteiger partial charge in [0.25, 0.3) is 0 Å². The number of hydrogen-bond donors (Lipinski definition) is 2. The van der Waals surface area contributed by atoms with Gasteiger partial charge in [-0.05, 0) is 38.4 Å². The highest BCUT2D eigenvalue weighted by molar-refractivity contribution is 7.09. The lowest BCUT2D eigenvalue weighted by molar-refractivity contribution is 0.360. The van der Waals surface area contributed by atoms with Crippen LogP contribution in [0.1, 0.15) is 17.7 Å². The van der Waals surface area contributed by atoms with Gasteiger partial charge in [0.05, 0.1) is 5.51 Å². The van der Waals surface area contributed by atoms with E-state index in [0.717, 1.165) is 19.0 Å². The zero-order valence-electron chi connectivity index (χ0n) is 8.33. The first-order valence-corrected chi connectivity index (χ1v) is 6.12. The van der Waals surface area contributed by atoms with Gasteiger partial charge in [-0.2, -0.15) is 0 Å². The SMILES string of the molecule is c1ncc(CNC[C@H]2CCCNC2)s1. The van der Waals surface area contributed by atoms with Crippen molar-refractivity contribution >= 4 is 11.3 Å². The molecule has 3 nitrogen and oxygen atoms in total. The normalized spacial score (nSPS) is 22.4. The molecule has 0 bridgehead atoms. The van der Waals surface area contributed by atoms with Gasteiger partial charge in [0.15, 0.2) is 0 Å². The average molecular weight is 211 g/mol. The Hall–Kier alpha value is -0.450. The van der Waals surface area contributed by atoms with Crippen LogP contribution in [0.4, 0.5) is 0 Å². The predicted octanol–water partition coefficient (Wildman–Crippen LogP) is 1.23. The highest BCUT2D eigenvalue weighted by atomic mass is 32.1. The molecule has 2 N–H and O–H groups in total. The van der Waals surface area contributed by atoms with Gasteiger partial charge in [-0.25, -0.2) is 0 Å². The molecule has 0 radical (unpaired) electrons. The Balaban J connectivity index is 1.62. The Morgan fingerprint density at radius 1 is 1.64 bits per heavy atom. The van der Waals surface area contributed by atoms with Crippen molar-refractivity contribution in [1.82, 2.24) is 15.6 Å². The maximum absolute atomic E-state index is 4.05. The summed E-state index contributed by atoms with van der Waals surface area (Å²) in [6.45, 7) is 4.48. The van der Waals surface area contributed by atoms with E-state index in [1.54, 1.807) is 11.3 Å². The third kappa shape index (κ3) is 3.04. The zero-order chi connectivity index (χ0) is 9.64. The van der Waals surface area contributed by atoms with E-state index in [-0.39, 0.29) is 0 Å². The Morgan fingerprint density at radius 2 is 2.64 bits per heavy atom. The van der Waals surface area contributed by atoms with Crippen LogP contribution in [0.5, 0.6) is 0 Å². The van der Waals surface area contributed by atoms with Crippen LogP contribution in [0.25, 0.3) is 0 Å². The minimum Gasteiger partial charge on any atom is -0.316 e. The second-order valence-corrected chi connectivity index (χ2v) is 4.78. The minimum atomic E-state index is 0.816. The van der Waals surface area contributed by atoms with E-state index in [0.29, 0.717) is 0 Å². The van der Waals surface area contributed by atoms with Gasteiger partial charge in [0.2, 0.25) is 0 Å². The molecular weight excluding hydrogens is 194 g/mol. The summed E-state index contributed by atoms with van der Waals surface area (Å²) in [4.78, 5) is 5.38. The molecule has 0 aliphatic carbocycles. The molecule has 78 valence electrons. The average Bonchev–Trinajstić information content (AvgIpc) is 2.72. The van der Waals surface area contributed by atoms with Gasteiger partial charge in [-0.1, -0.05) is 0 Å². The topological polar surface area (TPSA) is 37.0 Å². The Morgan fingerprint density at radius 3 is 3.36 bits per heavy atom. The molecule has 1 aliphatic rings. The summed E-state index contributed by atoms with van der Waals surface area (Å²) in [6, 6.07) is 0. The molecule has 1 fully saturated rings. The van der Waals surface area contributed by atoms with Crippen LogP contribution in [-0.2, 0) is 6.54 Å². The molecule has 1 saturated heterocycles. The molecule has 4 heteroatoms. The van der Waals surface area contributed by atoms with Gasteiger partial charge < -0.3 is 10.6 Å². The van der Waals surface area contributed by atoms with Crippen molar-refractivity contribution in [2.75, 3.05) is 19.6 Å². The first-order chi connectivity index (χ1) is 6.95. The van der Waals surface area contributed by atoms with Crippen molar-refractivity contribution in [3.05, 3.63) is 16.6 Å². The van der Waals surface area contributed by atoms with Crippen LogP contribution < -0.4 is 10.6 Å². The second-order valence-electron chi connectivity index (χ2n) is 3.81. The number of piperidine rings is 1. The van der Waals surface area contributed by atoms with Crippen LogP contribution in [0.3, 0.4) is 0 Å². The van der Waals surface area contributed by atoms with E-state index in [2.05, 4.69) is 15.6 Å². The summed E-state index contributed by atoms with van der Waals surface area (Å²) in [5, 5.41) is 6.92. The van der Waals surface area contributed by atoms with E-state index in [1.807, 2.05) is 11.7 Å². The lowest BCUT2D eigenvalue weighted by Crippen LogP contribution is -2.35. The molecule has 2 rings (SSSR count). The largest absolute Gasteiger partial charge is 0.316 e. The molecular formula is C10H17N3S. The van der Waals surface area contributed by atoms with Crippen LogP contribution in [-0.4, -0.2) is 24.6 Å². The van der Waals surface area contributed by atoms with Crippen molar-refractivity contribution in [3.8, 4) is 0 Å². The molecule has 0 spiro atoms. The van der Waals surface area contributed by atoms with Gasteiger partial charge >= 0.3 is 0 Å². The predicted molar refractivity (Wildman–Crippen MR) is 59.4 cm³/mol. The maximum Gasteiger partial charge on any atom is 0.0794 e. The summed E-state index contributed by atoms with van der Waals surface area (Å²) < 4.78 is 0. The molecule has 1 aromatic rings. The summed E-state index contributed by atoms with van der Waals surface area (Å²) in [5.41, 5.74) is 1.89. The molecule has 1 aromatic heterocycles. The molecule has 0 saturated carbocycles. The van der Waals surface area contributed by atoms with Crippen LogP contribution >= 0.6 is 11.3 Å². The third-order valence-corrected chi connectivity index (χ3v) is 3.39. The van der Waals surface area contributed by atoms with Crippen LogP contribution in [0.15, 0.2) is 11.7 Å². The fourth-order valence-corrected chi connectivity index (χ4v) is 2.39.